The SMILES string of the molecule is COc1ccc(Oc2c(I)cc(C(C)=O)cc2I)c(CCCN2CCNCC2)c1. The van der Waals surface area contributed by atoms with Gasteiger partial charge in [0, 0.05) is 31.7 Å². The Morgan fingerprint density at radius 2 is 1.83 bits per heavy atom. The number of piperazine rings is 1. The molecule has 0 aliphatic carbocycles. The van der Waals surface area contributed by atoms with Gasteiger partial charge >= 0.3 is 0 Å². The van der Waals surface area contributed by atoms with Crippen LogP contribution in [-0.2, 0) is 6.42 Å². The van der Waals surface area contributed by atoms with Crippen LogP contribution in [0.1, 0.15) is 29.3 Å². The molecule has 2 aromatic rings. The van der Waals surface area contributed by atoms with E-state index in [1.807, 2.05) is 24.3 Å². The fourth-order valence-electron chi connectivity index (χ4n) is 3.38. The first-order valence-electron chi connectivity index (χ1n) is 9.75. The van der Waals surface area contributed by atoms with E-state index in [1.165, 1.54) is 0 Å². The molecule has 1 aliphatic heterocycles. The van der Waals surface area contributed by atoms with Crippen molar-refractivity contribution in [2.75, 3.05) is 39.8 Å². The number of Topliss-reactive ketones (excluding diaryl/α,β-unsaturated/α-hetero) is 1. The van der Waals surface area contributed by atoms with Crippen LogP contribution >= 0.6 is 45.2 Å². The number of nitrogens with zero attached hydrogens (tertiary/aromatic N) is 1. The predicted molar refractivity (Wildman–Crippen MR) is 133 cm³/mol. The van der Waals surface area contributed by atoms with Crippen molar-refractivity contribution in [1.82, 2.24) is 10.2 Å². The van der Waals surface area contributed by atoms with Crippen LogP contribution in [0.5, 0.6) is 17.2 Å². The highest BCUT2D eigenvalue weighted by Gasteiger charge is 2.15. The molecule has 0 spiro atoms. The van der Waals surface area contributed by atoms with E-state index in [9.17, 15) is 4.79 Å². The Hall–Kier alpha value is -0.910. The molecular weight excluding hydrogens is 594 g/mol. The van der Waals surface area contributed by atoms with Crippen molar-refractivity contribution in [1.29, 1.82) is 0 Å². The maximum absolute atomic E-state index is 11.7. The summed E-state index contributed by atoms with van der Waals surface area (Å²) >= 11 is 4.47. The molecule has 0 atom stereocenters. The number of ketones is 1. The summed E-state index contributed by atoms with van der Waals surface area (Å²) in [6.07, 6.45) is 2.00. The molecule has 7 heteroatoms. The van der Waals surface area contributed by atoms with E-state index >= 15 is 0 Å². The molecule has 0 amide bonds. The number of methoxy groups -OCH3 is 1. The number of hydrogen-bond donors (Lipinski definition) is 1. The number of nitrogens with one attached hydrogen (secondary N) is 1. The van der Waals surface area contributed by atoms with Gasteiger partial charge in [0.15, 0.2) is 11.5 Å². The fourth-order valence-corrected chi connectivity index (χ4v) is 5.36. The van der Waals surface area contributed by atoms with E-state index in [0.717, 1.165) is 75.5 Å². The number of benzene rings is 2. The Labute approximate surface area is 199 Å². The third-order valence-corrected chi connectivity index (χ3v) is 6.62. The van der Waals surface area contributed by atoms with Crippen molar-refractivity contribution in [3.8, 4) is 17.2 Å². The van der Waals surface area contributed by atoms with Crippen LogP contribution in [0.25, 0.3) is 0 Å². The number of carbonyl (C=O) groups is 1. The summed E-state index contributed by atoms with van der Waals surface area (Å²) in [5, 5.41) is 3.40. The topological polar surface area (TPSA) is 50.8 Å². The Balaban J connectivity index is 1.77. The van der Waals surface area contributed by atoms with Crippen LogP contribution < -0.4 is 14.8 Å². The third-order valence-electron chi connectivity index (χ3n) is 5.01. The normalized spacial score (nSPS) is 14.6. The monoisotopic (exact) mass is 620 g/mol. The number of rotatable bonds is 8. The molecule has 156 valence electrons. The van der Waals surface area contributed by atoms with Crippen LogP contribution in [-0.4, -0.2) is 50.5 Å². The number of hydrogen-bond acceptors (Lipinski definition) is 5. The Kier molecular flexibility index (Phi) is 8.57. The highest BCUT2D eigenvalue weighted by molar-refractivity contribution is 14.1. The number of carbonyl (C=O) groups excluding carboxylic acids is 1. The minimum Gasteiger partial charge on any atom is -0.497 e. The zero-order chi connectivity index (χ0) is 20.8. The second kappa shape index (κ2) is 10.9. The first-order chi connectivity index (χ1) is 14.0. The van der Waals surface area contributed by atoms with Gasteiger partial charge < -0.3 is 19.7 Å². The molecule has 1 heterocycles. The maximum atomic E-state index is 11.7. The summed E-state index contributed by atoms with van der Waals surface area (Å²) < 4.78 is 13.6. The van der Waals surface area contributed by atoms with Gasteiger partial charge in [0.2, 0.25) is 0 Å². The second-order valence-electron chi connectivity index (χ2n) is 7.10. The molecule has 2 aromatic carbocycles. The summed E-state index contributed by atoms with van der Waals surface area (Å²) in [5.74, 6) is 2.54. The van der Waals surface area contributed by atoms with E-state index in [1.54, 1.807) is 14.0 Å². The average molecular weight is 620 g/mol. The smallest absolute Gasteiger partial charge is 0.159 e. The van der Waals surface area contributed by atoms with Crippen LogP contribution in [0.4, 0.5) is 0 Å². The average Bonchev–Trinajstić information content (AvgIpc) is 2.72. The first-order valence-corrected chi connectivity index (χ1v) is 11.9. The van der Waals surface area contributed by atoms with Gasteiger partial charge in [-0.1, -0.05) is 0 Å². The van der Waals surface area contributed by atoms with Gasteiger partial charge in [-0.05, 0) is 107 Å². The van der Waals surface area contributed by atoms with Gasteiger partial charge in [0.1, 0.15) is 11.5 Å². The van der Waals surface area contributed by atoms with Gasteiger partial charge in [-0.25, -0.2) is 0 Å². The molecule has 1 aliphatic rings. The predicted octanol–water partition coefficient (Wildman–Crippen LogP) is 4.74. The first kappa shape index (κ1) is 22.8. The molecule has 5 nitrogen and oxygen atoms in total. The maximum Gasteiger partial charge on any atom is 0.159 e. The summed E-state index contributed by atoms with van der Waals surface area (Å²) in [5.41, 5.74) is 1.85. The molecule has 1 N–H and O–H groups in total. The second-order valence-corrected chi connectivity index (χ2v) is 9.42. The lowest BCUT2D eigenvalue weighted by atomic mass is 10.1. The molecule has 0 bridgehead atoms. The molecule has 3 rings (SSSR count). The largest absolute Gasteiger partial charge is 0.497 e. The van der Waals surface area contributed by atoms with Crippen molar-refractivity contribution in [2.24, 2.45) is 0 Å². The van der Waals surface area contributed by atoms with E-state index in [2.05, 4.69) is 61.5 Å². The molecule has 0 aromatic heterocycles. The van der Waals surface area contributed by atoms with Gasteiger partial charge in [-0.15, -0.1) is 0 Å². The molecule has 1 fully saturated rings. The van der Waals surface area contributed by atoms with E-state index in [-0.39, 0.29) is 5.78 Å². The Morgan fingerprint density at radius 3 is 2.45 bits per heavy atom. The molecule has 0 radical (unpaired) electrons. The van der Waals surface area contributed by atoms with Crippen LogP contribution in [0.15, 0.2) is 30.3 Å². The van der Waals surface area contributed by atoms with Crippen LogP contribution in [0.3, 0.4) is 0 Å². The highest BCUT2D eigenvalue weighted by Crippen LogP contribution is 2.36. The lowest BCUT2D eigenvalue weighted by Crippen LogP contribution is -2.43. The molecular formula is C22H26I2N2O3. The van der Waals surface area contributed by atoms with Crippen molar-refractivity contribution in [3.05, 3.63) is 48.6 Å². The van der Waals surface area contributed by atoms with Gasteiger partial charge in [0.05, 0.1) is 14.3 Å². The van der Waals surface area contributed by atoms with Crippen molar-refractivity contribution >= 4 is 51.0 Å². The fraction of sp³-hybridized carbons (Fsp3) is 0.409. The Morgan fingerprint density at radius 1 is 1.14 bits per heavy atom. The van der Waals surface area contributed by atoms with Gasteiger partial charge in [-0.3, -0.25) is 4.79 Å². The number of halogens is 2. The zero-order valence-corrected chi connectivity index (χ0v) is 21.1. The van der Waals surface area contributed by atoms with E-state index < -0.39 is 0 Å². The molecule has 29 heavy (non-hydrogen) atoms. The van der Waals surface area contributed by atoms with Crippen molar-refractivity contribution in [2.45, 2.75) is 19.8 Å². The Bertz CT molecular complexity index is 844. The minimum absolute atomic E-state index is 0.0606. The highest BCUT2D eigenvalue weighted by atomic mass is 127. The van der Waals surface area contributed by atoms with Gasteiger partial charge in [0.25, 0.3) is 0 Å². The quantitative estimate of drug-likeness (QED) is 0.342. The summed E-state index contributed by atoms with van der Waals surface area (Å²) in [6.45, 7) is 7.03. The minimum atomic E-state index is 0.0606. The zero-order valence-electron chi connectivity index (χ0n) is 16.8. The van der Waals surface area contributed by atoms with E-state index in [0.29, 0.717) is 5.56 Å². The third kappa shape index (κ3) is 6.28. The number of aryl methyl sites for hydroxylation is 1. The van der Waals surface area contributed by atoms with Crippen molar-refractivity contribution in [3.63, 3.8) is 0 Å². The molecule has 0 unspecified atom stereocenters. The summed E-state index contributed by atoms with van der Waals surface area (Å²) in [4.78, 5) is 14.2. The van der Waals surface area contributed by atoms with E-state index in [4.69, 9.17) is 9.47 Å². The van der Waals surface area contributed by atoms with Gasteiger partial charge in [-0.2, -0.15) is 0 Å². The lowest BCUT2D eigenvalue weighted by molar-refractivity contribution is 0.101. The molecule has 1 saturated heterocycles. The molecule has 0 saturated carbocycles. The standard InChI is InChI=1S/C22H26I2N2O3/c1-15(27)17-13-19(23)22(20(24)14-17)29-21-6-5-18(28-2)12-16(21)4-3-9-26-10-7-25-8-11-26/h5-6,12-14,25H,3-4,7-11H2,1-2H3. The van der Waals surface area contributed by atoms with Crippen molar-refractivity contribution < 1.29 is 14.3 Å². The summed E-state index contributed by atoms with van der Waals surface area (Å²) in [7, 11) is 1.69. The number of ether oxygens (including phenoxy) is 2. The summed E-state index contributed by atoms with van der Waals surface area (Å²) in [6, 6.07) is 9.74. The van der Waals surface area contributed by atoms with Crippen LogP contribution in [0, 0.1) is 7.14 Å². The lowest BCUT2D eigenvalue weighted by Gasteiger charge is -2.27. The van der Waals surface area contributed by atoms with Crippen LogP contribution in [0.2, 0.25) is 0 Å².